The van der Waals surface area contributed by atoms with E-state index in [-0.39, 0.29) is 54.0 Å². The van der Waals surface area contributed by atoms with E-state index in [1.165, 1.54) is 6.20 Å². The summed E-state index contributed by atoms with van der Waals surface area (Å²) >= 11 is 0. The number of amides is 1. The van der Waals surface area contributed by atoms with Gasteiger partial charge in [-0.1, -0.05) is 33.1 Å². The van der Waals surface area contributed by atoms with Gasteiger partial charge in [-0.25, -0.2) is 15.1 Å². The zero-order chi connectivity index (χ0) is 29.9. The van der Waals surface area contributed by atoms with E-state index in [1.54, 1.807) is 23.8 Å². The number of carbonyl (C=O) groups is 2. The fraction of sp³-hybridized carbons (Fsp3) is 0.714. The minimum Gasteiger partial charge on any atom is -0.404 e. The monoisotopic (exact) mass is 570 g/mol. The van der Waals surface area contributed by atoms with Crippen molar-refractivity contribution in [3.05, 3.63) is 40.2 Å². The molecule has 4 aliphatic rings. The lowest BCUT2D eigenvalue weighted by Crippen LogP contribution is -2.65. The second kappa shape index (κ2) is 12.4. The first-order valence-corrected chi connectivity index (χ1v) is 14.6. The normalized spacial score (nSPS) is 27.9. The molecule has 2 heterocycles. The van der Waals surface area contributed by atoms with Gasteiger partial charge >= 0.3 is 7.12 Å². The van der Waals surface area contributed by atoms with E-state index in [0.29, 0.717) is 36.7 Å². The van der Waals surface area contributed by atoms with Crippen LogP contribution in [0.3, 0.4) is 0 Å². The zero-order valence-corrected chi connectivity index (χ0v) is 24.7. The predicted octanol–water partition coefficient (Wildman–Crippen LogP) is 2.95. The lowest BCUT2D eigenvalue weighted by Gasteiger charge is -2.64. The van der Waals surface area contributed by atoms with Gasteiger partial charge in [0.15, 0.2) is 10.8 Å². The first kappa shape index (κ1) is 30.9. The summed E-state index contributed by atoms with van der Waals surface area (Å²) in [7, 11) is -0.571. The highest BCUT2D eigenvalue weighted by Crippen LogP contribution is 2.65. The van der Waals surface area contributed by atoms with Crippen LogP contribution in [-0.4, -0.2) is 59.0 Å². The smallest absolute Gasteiger partial charge is 0.404 e. The fourth-order valence-corrected chi connectivity index (χ4v) is 6.98. The zero-order valence-electron chi connectivity index (χ0n) is 24.7. The van der Waals surface area contributed by atoms with Gasteiger partial charge < -0.3 is 20.4 Å². The summed E-state index contributed by atoms with van der Waals surface area (Å²) in [5.74, 6) is -0.493. The van der Waals surface area contributed by atoms with Crippen LogP contribution in [0.25, 0.3) is 0 Å². The molecule has 4 N–H and O–H groups in total. The predicted molar refractivity (Wildman–Crippen MR) is 154 cm³/mol. The molecule has 1 aromatic heterocycles. The SMILES string of the molecule is CC(C)C[C@H](NC(=O)[C@H](CCCN=C(N)N[N+](=O)[O-])CC(=O)c1cccnc1)B1O[C@@H]2C[C@H]3C[C@H](C3(C)C)[C@]2(C)O1. The Kier molecular flexibility index (Phi) is 9.37. The first-order valence-electron chi connectivity index (χ1n) is 14.6. The lowest BCUT2D eigenvalue weighted by molar-refractivity contribution is -0.525. The number of nitrogens with one attached hydrogen (secondary N) is 2. The van der Waals surface area contributed by atoms with Crippen LogP contribution < -0.4 is 16.5 Å². The number of nitro groups is 1. The molecule has 1 aliphatic heterocycles. The number of ketones is 1. The molecule has 1 amide bonds. The molecule has 5 rings (SSSR count). The summed E-state index contributed by atoms with van der Waals surface area (Å²) in [5, 5.41) is 12.9. The van der Waals surface area contributed by atoms with Crippen molar-refractivity contribution in [2.24, 2.45) is 39.8 Å². The van der Waals surface area contributed by atoms with Crippen LogP contribution in [0.15, 0.2) is 29.5 Å². The highest BCUT2D eigenvalue weighted by atomic mass is 16.7. The first-order chi connectivity index (χ1) is 19.3. The quantitative estimate of drug-likeness (QED) is 0.0613. The van der Waals surface area contributed by atoms with Crippen LogP contribution in [0, 0.1) is 39.2 Å². The molecule has 3 aliphatic carbocycles. The number of guanidine groups is 1. The number of pyridine rings is 1. The van der Waals surface area contributed by atoms with Gasteiger partial charge in [0.05, 0.1) is 17.6 Å². The Morgan fingerprint density at radius 1 is 1.32 bits per heavy atom. The van der Waals surface area contributed by atoms with Crippen LogP contribution in [-0.2, 0) is 14.1 Å². The van der Waals surface area contributed by atoms with Crippen molar-refractivity contribution in [3.63, 3.8) is 0 Å². The third kappa shape index (κ3) is 6.89. The molecule has 0 aromatic carbocycles. The Bertz CT molecular complexity index is 1150. The maximum absolute atomic E-state index is 13.7. The van der Waals surface area contributed by atoms with Gasteiger partial charge in [-0.05, 0) is 74.3 Å². The van der Waals surface area contributed by atoms with Gasteiger partial charge in [0.25, 0.3) is 5.96 Å². The van der Waals surface area contributed by atoms with Crippen molar-refractivity contribution in [3.8, 4) is 0 Å². The third-order valence-electron chi connectivity index (χ3n) is 9.34. The molecular formula is C28H43BN6O6. The van der Waals surface area contributed by atoms with Gasteiger partial charge in [-0.15, -0.1) is 0 Å². The summed E-state index contributed by atoms with van der Waals surface area (Å²) in [6, 6.07) is 3.36. The summed E-state index contributed by atoms with van der Waals surface area (Å²) < 4.78 is 13.2. The molecular weight excluding hydrogens is 527 g/mol. The Balaban J connectivity index is 1.46. The van der Waals surface area contributed by atoms with Crippen molar-refractivity contribution in [1.82, 2.24) is 15.7 Å². The molecule has 2 bridgehead atoms. The van der Waals surface area contributed by atoms with E-state index in [9.17, 15) is 19.7 Å². The van der Waals surface area contributed by atoms with E-state index in [1.807, 2.05) is 0 Å². The largest absolute Gasteiger partial charge is 0.481 e. The van der Waals surface area contributed by atoms with E-state index < -0.39 is 23.7 Å². The van der Waals surface area contributed by atoms with Crippen LogP contribution in [0.1, 0.15) is 83.5 Å². The average Bonchev–Trinajstić information content (AvgIpc) is 3.26. The van der Waals surface area contributed by atoms with Crippen molar-refractivity contribution in [1.29, 1.82) is 0 Å². The number of aromatic nitrogens is 1. The highest BCUT2D eigenvalue weighted by Gasteiger charge is 2.68. The number of hydrogen-bond donors (Lipinski definition) is 3. The minimum atomic E-state index is -0.787. The van der Waals surface area contributed by atoms with E-state index in [0.717, 1.165) is 12.8 Å². The summed E-state index contributed by atoms with van der Waals surface area (Å²) in [5.41, 5.74) is 7.55. The van der Waals surface area contributed by atoms with Gasteiger partial charge in [0, 0.05) is 36.8 Å². The average molecular weight is 571 g/mol. The van der Waals surface area contributed by atoms with Gasteiger partial charge in [-0.3, -0.25) is 14.6 Å². The molecule has 0 radical (unpaired) electrons. The van der Waals surface area contributed by atoms with Crippen LogP contribution in [0.4, 0.5) is 0 Å². The third-order valence-corrected chi connectivity index (χ3v) is 9.34. The fourth-order valence-electron chi connectivity index (χ4n) is 6.98. The number of hydrazine groups is 1. The molecule has 224 valence electrons. The second-order valence-corrected chi connectivity index (χ2v) is 12.9. The Hall–Kier alpha value is -3.06. The Morgan fingerprint density at radius 3 is 2.71 bits per heavy atom. The summed E-state index contributed by atoms with van der Waals surface area (Å²) in [6.45, 7) is 11.1. The summed E-state index contributed by atoms with van der Waals surface area (Å²) in [4.78, 5) is 45.3. The standard InChI is InChI=1S/C28H43BN6O6/c1-17(2)12-24(29-40-23-15-20-14-22(27(20,3)4)28(23,5)41-29)33-25(37)18(8-7-11-32-26(30)34-35(38)39)13-21(36)19-9-6-10-31-16-19/h6,9-10,16-18,20,22-24H,7-8,11-15H2,1-5H3,(H,33,37)(H3,30,32,34)/t18-,20-,22-,23-,24+,28+/m1/s1. The van der Waals surface area contributed by atoms with E-state index >= 15 is 0 Å². The topological polar surface area (TPSA) is 171 Å². The summed E-state index contributed by atoms with van der Waals surface area (Å²) in [6.07, 6.45) is 6.56. The molecule has 3 saturated carbocycles. The number of carbonyl (C=O) groups excluding carboxylic acids is 2. The lowest BCUT2D eigenvalue weighted by atomic mass is 9.43. The number of Topliss-reactive ketones (excluding diaryl/α,β-unsaturated/α-hetero) is 1. The Morgan fingerprint density at radius 2 is 2.07 bits per heavy atom. The number of nitrogens with two attached hydrogens (primary N) is 1. The highest BCUT2D eigenvalue weighted by molar-refractivity contribution is 6.47. The van der Waals surface area contributed by atoms with Crippen LogP contribution in [0.5, 0.6) is 0 Å². The molecule has 1 aromatic rings. The number of nitrogens with zero attached hydrogens (tertiary/aromatic N) is 3. The molecule has 0 spiro atoms. The maximum atomic E-state index is 13.7. The van der Waals surface area contributed by atoms with Crippen molar-refractivity contribution in [2.45, 2.75) is 90.8 Å². The molecule has 12 nitrogen and oxygen atoms in total. The molecule has 1 saturated heterocycles. The van der Waals surface area contributed by atoms with Crippen molar-refractivity contribution in [2.75, 3.05) is 6.54 Å². The van der Waals surface area contributed by atoms with E-state index in [4.69, 9.17) is 15.0 Å². The maximum Gasteiger partial charge on any atom is 0.481 e. The minimum absolute atomic E-state index is 0.00473. The number of rotatable bonds is 13. The van der Waals surface area contributed by atoms with Gasteiger partial charge in [0.2, 0.25) is 5.91 Å². The van der Waals surface area contributed by atoms with E-state index in [2.05, 4.69) is 49.9 Å². The molecule has 6 atom stereocenters. The molecule has 41 heavy (non-hydrogen) atoms. The molecule has 0 unspecified atom stereocenters. The molecule has 13 heteroatoms. The number of hydrogen-bond acceptors (Lipinski definition) is 8. The van der Waals surface area contributed by atoms with Crippen molar-refractivity contribution < 1.29 is 23.9 Å². The van der Waals surface area contributed by atoms with Crippen LogP contribution >= 0.6 is 0 Å². The van der Waals surface area contributed by atoms with Gasteiger partial charge in [0.1, 0.15) is 0 Å². The second-order valence-electron chi connectivity index (χ2n) is 12.9. The van der Waals surface area contributed by atoms with Gasteiger partial charge in [-0.2, -0.15) is 0 Å². The molecule has 4 fully saturated rings. The number of aliphatic imine (C=N–C) groups is 1. The Labute approximate surface area is 241 Å². The van der Waals surface area contributed by atoms with Crippen molar-refractivity contribution >= 4 is 24.8 Å². The van der Waals surface area contributed by atoms with Crippen LogP contribution in [0.2, 0.25) is 0 Å².